The molecule has 116 valence electrons. The van der Waals surface area contributed by atoms with Crippen molar-refractivity contribution in [3.63, 3.8) is 0 Å². The fourth-order valence-corrected chi connectivity index (χ4v) is 2.99. The highest BCUT2D eigenvalue weighted by atomic mass is 16.1. The molecule has 1 aromatic carbocycles. The third-order valence-corrected chi connectivity index (χ3v) is 4.14. The quantitative estimate of drug-likeness (QED) is 0.819. The zero-order chi connectivity index (χ0) is 15.2. The molecular weight excluding hydrogens is 262 g/mol. The first-order valence-electron chi connectivity index (χ1n) is 7.93. The number of carbonyl (C=O) groups excluding carboxylic acids is 1. The molecule has 0 spiro atoms. The number of nitrogens with zero attached hydrogens (tertiary/aromatic N) is 1. The van der Waals surface area contributed by atoms with Crippen LogP contribution in [-0.2, 0) is 4.79 Å². The Morgan fingerprint density at radius 3 is 3.00 bits per heavy atom. The Labute approximate surface area is 127 Å². The molecule has 1 aliphatic heterocycles. The average Bonchev–Trinajstić information content (AvgIpc) is 2.42. The van der Waals surface area contributed by atoms with Gasteiger partial charge in [-0.1, -0.05) is 6.92 Å². The van der Waals surface area contributed by atoms with Crippen LogP contribution in [0, 0.1) is 12.8 Å². The van der Waals surface area contributed by atoms with Gasteiger partial charge in [-0.3, -0.25) is 4.79 Å². The number of piperidine rings is 1. The van der Waals surface area contributed by atoms with Gasteiger partial charge in [-0.05, 0) is 69.0 Å². The highest BCUT2D eigenvalue weighted by Crippen LogP contribution is 2.18. The molecule has 0 saturated carbocycles. The number of anilines is 2. The first kappa shape index (κ1) is 15.8. The first-order valence-corrected chi connectivity index (χ1v) is 7.93. The van der Waals surface area contributed by atoms with Crippen molar-refractivity contribution in [3.8, 4) is 0 Å². The summed E-state index contributed by atoms with van der Waals surface area (Å²) >= 11 is 0. The van der Waals surface area contributed by atoms with Gasteiger partial charge in [0.2, 0.25) is 5.91 Å². The molecule has 4 nitrogen and oxygen atoms in total. The van der Waals surface area contributed by atoms with E-state index in [0.717, 1.165) is 35.8 Å². The molecule has 1 aliphatic rings. The number of hydrogen-bond acceptors (Lipinski definition) is 3. The summed E-state index contributed by atoms with van der Waals surface area (Å²) in [7, 11) is 0. The van der Waals surface area contributed by atoms with Crippen molar-refractivity contribution in [2.75, 3.05) is 30.7 Å². The molecule has 1 amide bonds. The van der Waals surface area contributed by atoms with Gasteiger partial charge in [-0.15, -0.1) is 0 Å². The fraction of sp³-hybridized carbons (Fsp3) is 0.588. The molecule has 1 fully saturated rings. The number of nitrogen functional groups attached to an aromatic ring is 1. The topological polar surface area (TPSA) is 58.4 Å². The number of aryl methyl sites for hydroxylation is 1. The largest absolute Gasteiger partial charge is 0.399 e. The molecule has 1 unspecified atom stereocenters. The number of nitrogens with two attached hydrogens (primary N) is 1. The molecule has 0 aliphatic carbocycles. The van der Waals surface area contributed by atoms with Crippen molar-refractivity contribution in [3.05, 3.63) is 23.8 Å². The zero-order valence-electron chi connectivity index (χ0n) is 13.2. The van der Waals surface area contributed by atoms with Gasteiger partial charge in [0.15, 0.2) is 0 Å². The lowest BCUT2D eigenvalue weighted by atomic mass is 10.0. The summed E-state index contributed by atoms with van der Waals surface area (Å²) in [4.78, 5) is 14.5. The predicted octanol–water partition coefficient (Wildman–Crippen LogP) is 3.03. The maximum absolute atomic E-state index is 12.0. The van der Waals surface area contributed by atoms with Gasteiger partial charge >= 0.3 is 0 Å². The summed E-state index contributed by atoms with van der Waals surface area (Å²) in [5.41, 5.74) is 8.31. The van der Waals surface area contributed by atoms with E-state index in [9.17, 15) is 4.79 Å². The van der Waals surface area contributed by atoms with Gasteiger partial charge in [-0.2, -0.15) is 0 Å². The Kier molecular flexibility index (Phi) is 5.62. The SMILES string of the molecule is Cc1cc(N)ccc1NC(=O)CCCN1CCCC(C)C1. The Morgan fingerprint density at radius 2 is 2.29 bits per heavy atom. The van der Waals surface area contributed by atoms with Gasteiger partial charge in [0.1, 0.15) is 0 Å². The highest BCUT2D eigenvalue weighted by molar-refractivity contribution is 5.91. The molecule has 2 rings (SSSR count). The molecular formula is C17H27N3O. The van der Waals surface area contributed by atoms with Crippen molar-refractivity contribution in [2.24, 2.45) is 5.92 Å². The lowest BCUT2D eigenvalue weighted by molar-refractivity contribution is -0.116. The zero-order valence-corrected chi connectivity index (χ0v) is 13.2. The van der Waals surface area contributed by atoms with Crippen molar-refractivity contribution in [1.29, 1.82) is 0 Å². The summed E-state index contributed by atoms with van der Waals surface area (Å²) < 4.78 is 0. The van der Waals surface area contributed by atoms with Crippen LogP contribution >= 0.6 is 0 Å². The normalized spacial score (nSPS) is 19.4. The second kappa shape index (κ2) is 7.46. The van der Waals surface area contributed by atoms with Crippen molar-refractivity contribution in [2.45, 2.75) is 39.5 Å². The summed E-state index contributed by atoms with van der Waals surface area (Å²) in [5.74, 6) is 0.887. The molecule has 0 aromatic heterocycles. The molecule has 4 heteroatoms. The van der Waals surface area contributed by atoms with Gasteiger partial charge in [-0.25, -0.2) is 0 Å². The predicted molar refractivity (Wildman–Crippen MR) is 88.3 cm³/mol. The second-order valence-corrected chi connectivity index (χ2v) is 6.27. The van der Waals surface area contributed by atoms with E-state index in [1.54, 1.807) is 0 Å². The minimum atomic E-state index is 0.0907. The second-order valence-electron chi connectivity index (χ2n) is 6.27. The number of carbonyl (C=O) groups is 1. The number of hydrogen-bond donors (Lipinski definition) is 2. The maximum atomic E-state index is 12.0. The van der Waals surface area contributed by atoms with Crippen LogP contribution in [0.1, 0.15) is 38.2 Å². The smallest absolute Gasteiger partial charge is 0.224 e. The summed E-state index contributed by atoms with van der Waals surface area (Å²) in [6.45, 7) is 7.66. The van der Waals surface area contributed by atoms with Crippen LogP contribution < -0.4 is 11.1 Å². The van der Waals surface area contributed by atoms with Crippen LogP contribution in [0.2, 0.25) is 0 Å². The molecule has 1 saturated heterocycles. The molecule has 0 bridgehead atoms. The van der Waals surface area contributed by atoms with Crippen LogP contribution in [0.25, 0.3) is 0 Å². The van der Waals surface area contributed by atoms with Gasteiger partial charge in [0.05, 0.1) is 0 Å². The number of rotatable bonds is 5. The average molecular weight is 289 g/mol. The maximum Gasteiger partial charge on any atom is 0.224 e. The Bertz CT molecular complexity index is 487. The standard InChI is InChI=1S/C17H27N3O/c1-13-5-3-9-20(12-13)10-4-6-17(21)19-16-8-7-15(18)11-14(16)2/h7-8,11,13H,3-6,9-10,12,18H2,1-2H3,(H,19,21). The van der Waals surface area contributed by atoms with Gasteiger partial charge in [0.25, 0.3) is 0 Å². The molecule has 21 heavy (non-hydrogen) atoms. The Hall–Kier alpha value is -1.55. The molecule has 3 N–H and O–H groups in total. The minimum absolute atomic E-state index is 0.0907. The van der Waals surface area contributed by atoms with E-state index in [1.165, 1.54) is 25.9 Å². The van der Waals surface area contributed by atoms with Crippen molar-refractivity contribution in [1.82, 2.24) is 4.90 Å². The lowest BCUT2D eigenvalue weighted by Crippen LogP contribution is -2.35. The Balaban J connectivity index is 1.72. The van der Waals surface area contributed by atoms with E-state index in [0.29, 0.717) is 6.42 Å². The van der Waals surface area contributed by atoms with E-state index in [-0.39, 0.29) is 5.91 Å². The number of amides is 1. The number of likely N-dealkylation sites (tertiary alicyclic amines) is 1. The van der Waals surface area contributed by atoms with E-state index < -0.39 is 0 Å². The lowest BCUT2D eigenvalue weighted by Gasteiger charge is -2.30. The van der Waals surface area contributed by atoms with E-state index in [4.69, 9.17) is 5.73 Å². The van der Waals surface area contributed by atoms with Crippen LogP contribution in [0.5, 0.6) is 0 Å². The first-order chi connectivity index (χ1) is 10.0. The van der Waals surface area contributed by atoms with Crippen LogP contribution in [-0.4, -0.2) is 30.4 Å². The van der Waals surface area contributed by atoms with Gasteiger partial charge in [0, 0.05) is 24.3 Å². The van der Waals surface area contributed by atoms with Crippen molar-refractivity contribution >= 4 is 17.3 Å². The molecule has 1 heterocycles. The van der Waals surface area contributed by atoms with E-state index in [1.807, 2.05) is 25.1 Å². The summed E-state index contributed by atoms with van der Waals surface area (Å²) in [6, 6.07) is 5.57. The van der Waals surface area contributed by atoms with E-state index >= 15 is 0 Å². The van der Waals surface area contributed by atoms with E-state index in [2.05, 4.69) is 17.1 Å². The minimum Gasteiger partial charge on any atom is -0.399 e. The van der Waals surface area contributed by atoms with Crippen LogP contribution in [0.3, 0.4) is 0 Å². The Morgan fingerprint density at radius 1 is 1.48 bits per heavy atom. The molecule has 0 radical (unpaired) electrons. The molecule has 1 atom stereocenters. The molecule has 1 aromatic rings. The number of nitrogens with one attached hydrogen (secondary N) is 1. The van der Waals surface area contributed by atoms with Gasteiger partial charge < -0.3 is 16.0 Å². The fourth-order valence-electron chi connectivity index (χ4n) is 2.99. The van der Waals surface area contributed by atoms with Crippen molar-refractivity contribution < 1.29 is 4.79 Å². The monoisotopic (exact) mass is 289 g/mol. The van der Waals surface area contributed by atoms with Crippen LogP contribution in [0.4, 0.5) is 11.4 Å². The van der Waals surface area contributed by atoms with Crippen LogP contribution in [0.15, 0.2) is 18.2 Å². The third-order valence-electron chi connectivity index (χ3n) is 4.14. The number of benzene rings is 1. The highest BCUT2D eigenvalue weighted by Gasteiger charge is 2.16. The summed E-state index contributed by atoms with van der Waals surface area (Å²) in [6.07, 6.45) is 4.13. The third kappa shape index (κ3) is 5.05. The summed E-state index contributed by atoms with van der Waals surface area (Å²) in [5, 5.41) is 2.97.